The van der Waals surface area contributed by atoms with E-state index >= 15 is 0 Å². The van der Waals surface area contributed by atoms with Crippen LogP contribution < -0.4 is 5.32 Å². The smallest absolute Gasteiger partial charge is 0.0220 e. The van der Waals surface area contributed by atoms with Gasteiger partial charge >= 0.3 is 0 Å². The lowest BCUT2D eigenvalue weighted by Crippen LogP contribution is -2.46. The van der Waals surface area contributed by atoms with Crippen LogP contribution in [0.3, 0.4) is 0 Å². The molecule has 1 fully saturated rings. The predicted molar refractivity (Wildman–Crippen MR) is 70.9 cm³/mol. The summed E-state index contributed by atoms with van der Waals surface area (Å²) in [5, 5.41) is 3.43. The molecule has 1 aliphatic rings. The average Bonchev–Trinajstić information content (AvgIpc) is 2.26. The highest BCUT2D eigenvalue weighted by Gasteiger charge is 2.21. The number of hydrogen-bond donors (Lipinski definition) is 1. The lowest BCUT2D eigenvalue weighted by Gasteiger charge is -2.37. The first-order valence-corrected chi connectivity index (χ1v) is 6.73. The molecule has 1 N–H and O–H groups in total. The number of rotatable bonds is 6. The minimum atomic E-state index is 0.747. The minimum Gasteiger partial charge on any atom is -0.317 e. The maximum Gasteiger partial charge on any atom is 0.0220 e. The Bertz CT molecular complexity index is 184. The van der Waals surface area contributed by atoms with Crippen molar-refractivity contribution in [3.8, 4) is 0 Å². The molecule has 1 rings (SSSR count). The molecule has 0 aromatic heterocycles. The second-order valence-electron chi connectivity index (χ2n) is 5.41. The van der Waals surface area contributed by atoms with E-state index in [0.717, 1.165) is 25.0 Å². The van der Waals surface area contributed by atoms with Gasteiger partial charge in [-0.3, -0.25) is 0 Å². The number of likely N-dealkylation sites (N-methyl/N-ethyl adjacent to an activating group) is 2. The van der Waals surface area contributed by atoms with Crippen LogP contribution in [0.5, 0.6) is 0 Å². The maximum absolute atomic E-state index is 3.43. The van der Waals surface area contributed by atoms with Gasteiger partial charge in [-0.25, -0.2) is 0 Å². The molecule has 0 amide bonds. The van der Waals surface area contributed by atoms with Gasteiger partial charge in [0.2, 0.25) is 0 Å². The molecule has 1 heterocycles. The molecule has 0 radical (unpaired) electrons. The summed E-state index contributed by atoms with van der Waals surface area (Å²) < 4.78 is 0. The summed E-state index contributed by atoms with van der Waals surface area (Å²) in [7, 11) is 4.52. The predicted octanol–water partition coefficient (Wildman–Crippen LogP) is 1.26. The Morgan fingerprint density at radius 2 is 2.25 bits per heavy atom. The molecule has 0 saturated carbocycles. The van der Waals surface area contributed by atoms with E-state index in [4.69, 9.17) is 0 Å². The van der Waals surface area contributed by atoms with Crippen molar-refractivity contribution in [1.29, 1.82) is 0 Å². The number of nitrogens with zero attached hydrogens (tertiary/aromatic N) is 2. The van der Waals surface area contributed by atoms with Gasteiger partial charge in [0.15, 0.2) is 0 Å². The van der Waals surface area contributed by atoms with Gasteiger partial charge in [0.25, 0.3) is 0 Å². The van der Waals surface area contributed by atoms with E-state index in [0.29, 0.717) is 0 Å². The zero-order valence-electron chi connectivity index (χ0n) is 11.5. The Balaban J connectivity index is 2.24. The zero-order chi connectivity index (χ0) is 12.0. The molecule has 96 valence electrons. The largest absolute Gasteiger partial charge is 0.317 e. The average molecular weight is 227 g/mol. The number of nitrogens with one attached hydrogen (secondary N) is 1. The van der Waals surface area contributed by atoms with Gasteiger partial charge in [-0.05, 0) is 52.5 Å². The van der Waals surface area contributed by atoms with E-state index in [2.05, 4.69) is 43.1 Å². The normalized spacial score (nSPS) is 24.9. The van der Waals surface area contributed by atoms with Gasteiger partial charge < -0.3 is 15.1 Å². The van der Waals surface area contributed by atoms with Crippen molar-refractivity contribution in [2.24, 2.45) is 5.92 Å². The Morgan fingerprint density at radius 1 is 1.50 bits per heavy atom. The van der Waals surface area contributed by atoms with Gasteiger partial charge in [-0.1, -0.05) is 13.8 Å². The van der Waals surface area contributed by atoms with Crippen LogP contribution in [0.25, 0.3) is 0 Å². The quantitative estimate of drug-likeness (QED) is 0.737. The third-order valence-corrected chi connectivity index (χ3v) is 3.57. The number of piperidine rings is 1. The second kappa shape index (κ2) is 7.25. The highest BCUT2D eigenvalue weighted by Crippen LogP contribution is 2.14. The van der Waals surface area contributed by atoms with Crippen LogP contribution >= 0.6 is 0 Å². The lowest BCUT2D eigenvalue weighted by molar-refractivity contribution is 0.122. The molecule has 1 saturated heterocycles. The summed E-state index contributed by atoms with van der Waals surface area (Å²) in [6, 6.07) is 0.767. The second-order valence-corrected chi connectivity index (χ2v) is 5.41. The van der Waals surface area contributed by atoms with Crippen LogP contribution in [0.2, 0.25) is 0 Å². The van der Waals surface area contributed by atoms with Gasteiger partial charge in [0, 0.05) is 19.1 Å². The van der Waals surface area contributed by atoms with Crippen LogP contribution in [0.1, 0.15) is 26.7 Å². The van der Waals surface area contributed by atoms with E-state index in [-0.39, 0.29) is 0 Å². The summed E-state index contributed by atoms with van der Waals surface area (Å²) in [6.07, 6.45) is 2.72. The molecule has 3 nitrogen and oxygen atoms in total. The molecule has 0 spiro atoms. The molecule has 0 aromatic carbocycles. The van der Waals surface area contributed by atoms with Crippen LogP contribution in [0, 0.1) is 5.92 Å². The standard InChI is InChI=1S/C13H29N3/c1-5-14-9-12(2)10-16(4)13-7-6-8-15(3)11-13/h12-14H,5-11H2,1-4H3. The molecule has 0 aromatic rings. The molecular weight excluding hydrogens is 198 g/mol. The monoisotopic (exact) mass is 227 g/mol. The molecule has 0 bridgehead atoms. The Kier molecular flexibility index (Phi) is 6.32. The highest BCUT2D eigenvalue weighted by atomic mass is 15.2. The fourth-order valence-electron chi connectivity index (χ4n) is 2.59. The minimum absolute atomic E-state index is 0.747. The number of likely N-dealkylation sites (tertiary alicyclic amines) is 1. The van der Waals surface area contributed by atoms with E-state index in [1.54, 1.807) is 0 Å². The van der Waals surface area contributed by atoms with Crippen molar-refractivity contribution in [2.75, 3.05) is 46.8 Å². The first kappa shape index (κ1) is 13.9. The van der Waals surface area contributed by atoms with E-state index < -0.39 is 0 Å². The van der Waals surface area contributed by atoms with Crippen molar-refractivity contribution >= 4 is 0 Å². The SMILES string of the molecule is CCNCC(C)CN(C)C1CCCN(C)C1. The first-order chi connectivity index (χ1) is 7.63. The van der Waals surface area contributed by atoms with Crippen molar-refractivity contribution in [3.63, 3.8) is 0 Å². The first-order valence-electron chi connectivity index (χ1n) is 6.73. The summed E-state index contributed by atoms with van der Waals surface area (Å²) in [5.41, 5.74) is 0. The summed E-state index contributed by atoms with van der Waals surface area (Å²) in [5.74, 6) is 0.747. The van der Waals surface area contributed by atoms with E-state index in [9.17, 15) is 0 Å². The zero-order valence-corrected chi connectivity index (χ0v) is 11.5. The van der Waals surface area contributed by atoms with Crippen LogP contribution in [-0.4, -0.2) is 62.7 Å². The van der Waals surface area contributed by atoms with Gasteiger partial charge in [0.05, 0.1) is 0 Å². The van der Waals surface area contributed by atoms with Crippen molar-refractivity contribution in [2.45, 2.75) is 32.7 Å². The van der Waals surface area contributed by atoms with Gasteiger partial charge in [-0.15, -0.1) is 0 Å². The van der Waals surface area contributed by atoms with Gasteiger partial charge in [-0.2, -0.15) is 0 Å². The fraction of sp³-hybridized carbons (Fsp3) is 1.00. The Morgan fingerprint density at radius 3 is 2.88 bits per heavy atom. The summed E-state index contributed by atoms with van der Waals surface area (Å²) >= 11 is 0. The van der Waals surface area contributed by atoms with Crippen LogP contribution in [0.4, 0.5) is 0 Å². The summed E-state index contributed by atoms with van der Waals surface area (Å²) in [4.78, 5) is 5.01. The van der Waals surface area contributed by atoms with Crippen LogP contribution in [0.15, 0.2) is 0 Å². The van der Waals surface area contributed by atoms with Crippen molar-refractivity contribution in [1.82, 2.24) is 15.1 Å². The molecule has 3 heteroatoms. The molecule has 2 unspecified atom stereocenters. The highest BCUT2D eigenvalue weighted by molar-refractivity contribution is 4.78. The van der Waals surface area contributed by atoms with E-state index in [1.807, 2.05) is 0 Å². The summed E-state index contributed by atoms with van der Waals surface area (Å²) in [6.45, 7) is 10.5. The maximum atomic E-state index is 3.43. The molecule has 2 atom stereocenters. The van der Waals surface area contributed by atoms with E-state index in [1.165, 1.54) is 32.5 Å². The molecule has 16 heavy (non-hydrogen) atoms. The molecule has 1 aliphatic heterocycles. The van der Waals surface area contributed by atoms with Crippen molar-refractivity contribution < 1.29 is 0 Å². The third-order valence-electron chi connectivity index (χ3n) is 3.57. The topological polar surface area (TPSA) is 18.5 Å². The Labute approximate surface area is 101 Å². The van der Waals surface area contributed by atoms with Crippen LogP contribution in [-0.2, 0) is 0 Å². The number of hydrogen-bond acceptors (Lipinski definition) is 3. The Hall–Kier alpha value is -0.120. The van der Waals surface area contributed by atoms with Crippen molar-refractivity contribution in [3.05, 3.63) is 0 Å². The third kappa shape index (κ3) is 4.81. The molecular formula is C13H29N3. The lowest BCUT2D eigenvalue weighted by atomic mass is 10.0. The fourth-order valence-corrected chi connectivity index (χ4v) is 2.59. The van der Waals surface area contributed by atoms with Gasteiger partial charge in [0.1, 0.15) is 0 Å². The molecule has 0 aliphatic carbocycles.